The van der Waals surface area contributed by atoms with Crippen molar-refractivity contribution in [2.24, 2.45) is 0 Å². The molecule has 1 saturated heterocycles. The van der Waals surface area contributed by atoms with Gasteiger partial charge in [-0.1, -0.05) is 18.2 Å². The minimum absolute atomic E-state index is 0.0111. The summed E-state index contributed by atoms with van der Waals surface area (Å²) >= 11 is 0. The van der Waals surface area contributed by atoms with E-state index < -0.39 is 21.7 Å². The first kappa shape index (κ1) is 19.7. The zero-order chi connectivity index (χ0) is 19.4. The van der Waals surface area contributed by atoms with Crippen LogP contribution < -0.4 is 9.62 Å². The monoisotopic (exact) mass is 395 g/mol. The Morgan fingerprint density at radius 1 is 1.00 bits per heavy atom. The fraction of sp³-hybridized carbons (Fsp3) is 0.368. The van der Waals surface area contributed by atoms with Gasteiger partial charge in [-0.2, -0.15) is 0 Å². The molecule has 3 rings (SSSR count). The molecular formula is C19H23F2N3O2S. The molecule has 27 heavy (non-hydrogen) atoms. The van der Waals surface area contributed by atoms with Crippen molar-refractivity contribution in [3.8, 4) is 0 Å². The van der Waals surface area contributed by atoms with Gasteiger partial charge in [-0.3, -0.25) is 4.90 Å². The third-order valence-corrected chi connectivity index (χ3v) is 6.25. The van der Waals surface area contributed by atoms with Gasteiger partial charge < -0.3 is 4.90 Å². The molecule has 146 valence electrons. The highest BCUT2D eigenvalue weighted by Gasteiger charge is 2.23. The van der Waals surface area contributed by atoms with Crippen LogP contribution in [0.15, 0.2) is 53.4 Å². The molecule has 1 unspecified atom stereocenters. The first-order valence-electron chi connectivity index (χ1n) is 8.85. The zero-order valence-corrected chi connectivity index (χ0v) is 15.9. The van der Waals surface area contributed by atoms with Crippen molar-refractivity contribution >= 4 is 15.7 Å². The summed E-state index contributed by atoms with van der Waals surface area (Å²) in [5.74, 6) is -2.25. The Balaban J connectivity index is 1.53. The lowest BCUT2D eigenvalue weighted by molar-refractivity contribution is 0.198. The summed E-state index contributed by atoms with van der Waals surface area (Å²) in [5, 5.41) is 0. The van der Waals surface area contributed by atoms with Crippen molar-refractivity contribution < 1.29 is 17.2 Å². The summed E-state index contributed by atoms with van der Waals surface area (Å²) in [6.07, 6.45) is 0. The van der Waals surface area contributed by atoms with Gasteiger partial charge in [-0.25, -0.2) is 21.9 Å². The molecule has 8 heteroatoms. The van der Waals surface area contributed by atoms with E-state index in [1.807, 2.05) is 25.1 Å². The number of hydrogen-bond donors (Lipinski definition) is 1. The van der Waals surface area contributed by atoms with Crippen LogP contribution in [0.4, 0.5) is 14.5 Å². The fourth-order valence-electron chi connectivity index (χ4n) is 3.15. The van der Waals surface area contributed by atoms with Gasteiger partial charge in [0.1, 0.15) is 0 Å². The van der Waals surface area contributed by atoms with E-state index in [-0.39, 0.29) is 17.5 Å². The average molecular weight is 395 g/mol. The molecule has 0 amide bonds. The van der Waals surface area contributed by atoms with Crippen molar-refractivity contribution in [3.63, 3.8) is 0 Å². The molecule has 0 radical (unpaired) electrons. The molecule has 0 spiro atoms. The van der Waals surface area contributed by atoms with Crippen LogP contribution in [0, 0.1) is 11.6 Å². The van der Waals surface area contributed by atoms with Crippen molar-refractivity contribution in [3.05, 3.63) is 60.2 Å². The van der Waals surface area contributed by atoms with Crippen LogP contribution in [-0.2, 0) is 10.0 Å². The van der Waals surface area contributed by atoms with Crippen LogP contribution >= 0.6 is 0 Å². The number of anilines is 1. The molecule has 1 N–H and O–H groups in total. The number of hydrogen-bond acceptors (Lipinski definition) is 4. The molecule has 2 aromatic rings. The van der Waals surface area contributed by atoms with Crippen LogP contribution in [0.2, 0.25) is 0 Å². The van der Waals surface area contributed by atoms with Gasteiger partial charge in [-0.05, 0) is 37.3 Å². The highest BCUT2D eigenvalue weighted by Crippen LogP contribution is 2.17. The summed E-state index contributed by atoms with van der Waals surface area (Å²) in [4.78, 5) is 4.24. The van der Waals surface area contributed by atoms with E-state index in [4.69, 9.17) is 0 Å². The zero-order valence-electron chi connectivity index (χ0n) is 15.1. The Bertz CT molecular complexity index is 870. The van der Waals surface area contributed by atoms with E-state index in [2.05, 4.69) is 26.7 Å². The van der Waals surface area contributed by atoms with Crippen LogP contribution in [0.1, 0.15) is 6.92 Å². The lowest BCUT2D eigenvalue weighted by Gasteiger charge is -2.39. The number of para-hydroxylation sites is 1. The van der Waals surface area contributed by atoms with Gasteiger partial charge in [0, 0.05) is 44.5 Å². The van der Waals surface area contributed by atoms with Gasteiger partial charge >= 0.3 is 0 Å². The Labute approximate surface area is 158 Å². The van der Waals surface area contributed by atoms with E-state index in [0.717, 1.165) is 38.3 Å². The maximum atomic E-state index is 13.3. The lowest BCUT2D eigenvalue weighted by Crippen LogP contribution is -2.52. The van der Waals surface area contributed by atoms with E-state index >= 15 is 0 Å². The molecule has 5 nitrogen and oxygen atoms in total. The molecule has 1 heterocycles. The summed E-state index contributed by atoms with van der Waals surface area (Å²) in [6, 6.07) is 12.7. The summed E-state index contributed by atoms with van der Waals surface area (Å²) in [7, 11) is -3.88. The number of piperazine rings is 1. The van der Waals surface area contributed by atoms with E-state index in [1.165, 1.54) is 5.69 Å². The average Bonchev–Trinajstić information content (AvgIpc) is 2.69. The largest absolute Gasteiger partial charge is 0.369 e. The van der Waals surface area contributed by atoms with Gasteiger partial charge in [0.05, 0.1) is 4.90 Å². The summed E-state index contributed by atoms with van der Waals surface area (Å²) < 4.78 is 53.4. The SMILES string of the molecule is CC(CNS(=O)(=O)c1ccc(F)c(F)c1)N1CCN(c2ccccc2)CC1. The van der Waals surface area contributed by atoms with Crippen LogP contribution in [0.5, 0.6) is 0 Å². The molecule has 1 atom stereocenters. The molecule has 1 aliphatic heterocycles. The normalized spacial score (nSPS) is 17.1. The maximum absolute atomic E-state index is 13.3. The first-order valence-corrected chi connectivity index (χ1v) is 10.3. The van der Waals surface area contributed by atoms with Gasteiger partial charge in [0.2, 0.25) is 10.0 Å². The van der Waals surface area contributed by atoms with E-state index in [9.17, 15) is 17.2 Å². The number of halogens is 2. The Hall–Kier alpha value is -2.03. The minimum atomic E-state index is -3.88. The van der Waals surface area contributed by atoms with Crippen molar-refractivity contribution in [2.45, 2.75) is 17.9 Å². The maximum Gasteiger partial charge on any atom is 0.240 e. The van der Waals surface area contributed by atoms with E-state index in [0.29, 0.717) is 6.07 Å². The predicted octanol–water partition coefficient (Wildman–Crippen LogP) is 2.45. The Morgan fingerprint density at radius 3 is 2.30 bits per heavy atom. The topological polar surface area (TPSA) is 52.7 Å². The second-order valence-corrected chi connectivity index (χ2v) is 8.40. The third-order valence-electron chi connectivity index (χ3n) is 4.83. The minimum Gasteiger partial charge on any atom is -0.369 e. The van der Waals surface area contributed by atoms with Gasteiger partial charge in [-0.15, -0.1) is 0 Å². The van der Waals surface area contributed by atoms with Crippen molar-refractivity contribution in [1.82, 2.24) is 9.62 Å². The fourth-order valence-corrected chi connectivity index (χ4v) is 4.28. The Morgan fingerprint density at radius 2 is 1.67 bits per heavy atom. The van der Waals surface area contributed by atoms with Crippen LogP contribution in [0.25, 0.3) is 0 Å². The summed E-state index contributed by atoms with van der Waals surface area (Å²) in [6.45, 7) is 5.53. The number of nitrogens with zero attached hydrogens (tertiary/aromatic N) is 2. The molecule has 0 aliphatic carbocycles. The molecule has 1 aliphatic rings. The van der Waals surface area contributed by atoms with Gasteiger partial charge in [0.25, 0.3) is 0 Å². The summed E-state index contributed by atoms with van der Waals surface area (Å²) in [5.41, 5.74) is 1.18. The second kappa shape index (κ2) is 8.33. The van der Waals surface area contributed by atoms with Crippen molar-refractivity contribution in [1.29, 1.82) is 0 Å². The second-order valence-electron chi connectivity index (χ2n) is 6.64. The lowest BCUT2D eigenvalue weighted by atomic mass is 10.2. The number of rotatable bonds is 6. The molecule has 1 fully saturated rings. The van der Waals surface area contributed by atoms with Gasteiger partial charge in [0.15, 0.2) is 11.6 Å². The van der Waals surface area contributed by atoms with Crippen molar-refractivity contribution in [2.75, 3.05) is 37.6 Å². The molecule has 2 aromatic carbocycles. The molecular weight excluding hydrogens is 372 g/mol. The Kier molecular flexibility index (Phi) is 6.08. The van der Waals surface area contributed by atoms with E-state index in [1.54, 1.807) is 0 Å². The molecule has 0 bridgehead atoms. The standard InChI is InChI=1S/C19H23F2N3O2S/c1-15(14-22-27(25,26)17-7-8-18(20)19(21)13-17)23-9-11-24(12-10-23)16-5-3-2-4-6-16/h2-8,13,15,22H,9-12,14H2,1H3. The van der Waals surface area contributed by atoms with Crippen LogP contribution in [0.3, 0.4) is 0 Å². The quantitative estimate of drug-likeness (QED) is 0.816. The highest BCUT2D eigenvalue weighted by molar-refractivity contribution is 7.89. The number of sulfonamides is 1. The molecule has 0 aromatic heterocycles. The highest BCUT2D eigenvalue weighted by atomic mass is 32.2. The third kappa shape index (κ3) is 4.82. The van der Waals surface area contributed by atoms with Crippen LogP contribution in [-0.4, -0.2) is 52.1 Å². The molecule has 0 saturated carbocycles. The number of nitrogens with one attached hydrogen (secondary N) is 1. The first-order chi connectivity index (χ1) is 12.9. The smallest absolute Gasteiger partial charge is 0.240 e. The predicted molar refractivity (Wildman–Crippen MR) is 101 cm³/mol. The number of benzene rings is 2.